The third-order valence-corrected chi connectivity index (χ3v) is 5.82. The van der Waals surface area contributed by atoms with E-state index in [1.165, 1.54) is 12.1 Å². The van der Waals surface area contributed by atoms with Gasteiger partial charge in [-0.3, -0.25) is 9.59 Å². The quantitative estimate of drug-likeness (QED) is 0.458. The van der Waals surface area contributed by atoms with Gasteiger partial charge < -0.3 is 10.2 Å². The van der Waals surface area contributed by atoms with Crippen LogP contribution in [0.2, 0.25) is 0 Å². The highest BCUT2D eigenvalue weighted by Crippen LogP contribution is 2.18. The molecule has 34 heavy (non-hydrogen) atoms. The van der Waals surface area contributed by atoms with Crippen LogP contribution < -0.4 is 5.32 Å². The van der Waals surface area contributed by atoms with E-state index in [-0.39, 0.29) is 36.5 Å². The first kappa shape index (κ1) is 25.2. The summed E-state index contributed by atoms with van der Waals surface area (Å²) in [6, 6.07) is 22.9. The van der Waals surface area contributed by atoms with Gasteiger partial charge in [0.15, 0.2) is 0 Å². The maximum absolute atomic E-state index is 13.7. The van der Waals surface area contributed by atoms with Crippen molar-refractivity contribution < 1.29 is 14.0 Å². The topological polar surface area (TPSA) is 49.4 Å². The van der Waals surface area contributed by atoms with Crippen LogP contribution in [0.15, 0.2) is 78.9 Å². The lowest BCUT2D eigenvalue weighted by atomic mass is 10.00. The molecule has 1 N–H and O–H groups in total. The van der Waals surface area contributed by atoms with E-state index in [1.807, 2.05) is 75.4 Å². The molecule has 0 fully saturated rings. The van der Waals surface area contributed by atoms with Crippen LogP contribution in [-0.4, -0.2) is 29.3 Å². The zero-order valence-electron chi connectivity index (χ0n) is 20.1. The summed E-state index contributed by atoms with van der Waals surface area (Å²) in [6.45, 7) is 6.79. The molecule has 3 aromatic rings. The summed E-state index contributed by atoms with van der Waals surface area (Å²) in [4.78, 5) is 28.7. The van der Waals surface area contributed by atoms with Gasteiger partial charge in [0.2, 0.25) is 11.8 Å². The van der Waals surface area contributed by atoms with Crippen molar-refractivity contribution in [2.45, 2.75) is 46.2 Å². The van der Waals surface area contributed by atoms with E-state index in [2.05, 4.69) is 5.32 Å². The van der Waals surface area contributed by atoms with Crippen molar-refractivity contribution in [1.82, 2.24) is 10.2 Å². The number of amides is 2. The second kappa shape index (κ2) is 12.1. The minimum absolute atomic E-state index is 0.140. The highest BCUT2D eigenvalue weighted by atomic mass is 19.1. The summed E-state index contributed by atoms with van der Waals surface area (Å²) >= 11 is 0. The van der Waals surface area contributed by atoms with Crippen LogP contribution >= 0.6 is 0 Å². The summed E-state index contributed by atoms with van der Waals surface area (Å²) in [5.74, 6) is -0.372. The van der Waals surface area contributed by atoms with Gasteiger partial charge in [0.05, 0.1) is 6.42 Å². The summed E-state index contributed by atoms with van der Waals surface area (Å²) < 4.78 is 13.5. The van der Waals surface area contributed by atoms with Gasteiger partial charge >= 0.3 is 0 Å². The van der Waals surface area contributed by atoms with Crippen molar-refractivity contribution in [2.24, 2.45) is 5.92 Å². The monoisotopic (exact) mass is 460 g/mol. The van der Waals surface area contributed by atoms with Gasteiger partial charge in [-0.2, -0.15) is 0 Å². The molecule has 0 unspecified atom stereocenters. The van der Waals surface area contributed by atoms with Crippen LogP contribution in [0.4, 0.5) is 4.39 Å². The Morgan fingerprint density at radius 2 is 1.53 bits per heavy atom. The number of halogens is 1. The third kappa shape index (κ3) is 7.27. The minimum Gasteiger partial charge on any atom is -0.354 e. The van der Waals surface area contributed by atoms with Crippen molar-refractivity contribution in [3.8, 4) is 0 Å². The zero-order chi connectivity index (χ0) is 24.5. The number of carbonyl (C=O) groups excluding carboxylic acids is 2. The highest BCUT2D eigenvalue weighted by molar-refractivity contribution is 5.89. The summed E-state index contributed by atoms with van der Waals surface area (Å²) in [6.07, 6.45) is 0.585. The molecule has 0 aliphatic rings. The van der Waals surface area contributed by atoms with Gasteiger partial charge in [-0.15, -0.1) is 0 Å². The fraction of sp³-hybridized carbons (Fsp3) is 0.310. The first-order chi connectivity index (χ1) is 16.3. The molecule has 3 aromatic carbocycles. The van der Waals surface area contributed by atoms with Crippen molar-refractivity contribution in [3.63, 3.8) is 0 Å². The molecular formula is C29H33FN2O2. The SMILES string of the molecule is Cc1ccccc1CC(=O)N(Cc1ccc(F)cc1)[C@H](Cc1ccccc1)C(=O)NCC(C)C. The van der Waals surface area contributed by atoms with Gasteiger partial charge in [0.1, 0.15) is 11.9 Å². The Morgan fingerprint density at radius 3 is 2.18 bits per heavy atom. The molecule has 3 rings (SSSR count). The van der Waals surface area contributed by atoms with E-state index < -0.39 is 6.04 Å². The van der Waals surface area contributed by atoms with Crippen LogP contribution in [0.5, 0.6) is 0 Å². The molecule has 1 atom stereocenters. The molecule has 0 bridgehead atoms. The highest BCUT2D eigenvalue weighted by Gasteiger charge is 2.30. The molecule has 0 saturated carbocycles. The molecule has 2 amide bonds. The molecule has 0 saturated heterocycles. The largest absolute Gasteiger partial charge is 0.354 e. The molecule has 178 valence electrons. The summed E-state index contributed by atoms with van der Waals surface area (Å²) in [5.41, 5.74) is 3.70. The van der Waals surface area contributed by atoms with Crippen molar-refractivity contribution in [3.05, 3.63) is 107 Å². The number of aryl methyl sites for hydroxylation is 1. The second-order valence-corrected chi connectivity index (χ2v) is 9.10. The first-order valence-corrected chi connectivity index (χ1v) is 11.7. The zero-order valence-corrected chi connectivity index (χ0v) is 20.1. The smallest absolute Gasteiger partial charge is 0.243 e. The van der Waals surface area contributed by atoms with Crippen LogP contribution in [-0.2, 0) is 29.0 Å². The van der Waals surface area contributed by atoms with E-state index in [0.717, 1.165) is 22.3 Å². The maximum atomic E-state index is 13.7. The minimum atomic E-state index is -0.692. The van der Waals surface area contributed by atoms with Gasteiger partial charge in [-0.25, -0.2) is 4.39 Å². The third-order valence-electron chi connectivity index (χ3n) is 5.82. The molecule has 0 heterocycles. The average molecular weight is 461 g/mol. The number of benzene rings is 3. The molecule has 0 spiro atoms. The number of hydrogen-bond acceptors (Lipinski definition) is 2. The lowest BCUT2D eigenvalue weighted by molar-refractivity contribution is -0.140. The Morgan fingerprint density at radius 1 is 0.882 bits per heavy atom. The summed E-state index contributed by atoms with van der Waals surface area (Å²) in [5, 5.41) is 3.02. The standard InChI is InChI=1S/C29H33FN2O2/c1-21(2)19-31-29(34)27(17-23-10-5-4-6-11-23)32(20-24-13-15-26(30)16-14-24)28(33)18-25-12-8-7-9-22(25)3/h4-16,21,27H,17-20H2,1-3H3,(H,31,34)/t27-/m1/s1. The molecule has 4 nitrogen and oxygen atoms in total. The van der Waals surface area contributed by atoms with Gasteiger partial charge in [-0.1, -0.05) is 80.6 Å². The normalized spacial score (nSPS) is 11.8. The Hall–Kier alpha value is -3.47. The van der Waals surface area contributed by atoms with Gasteiger partial charge in [0, 0.05) is 19.5 Å². The van der Waals surface area contributed by atoms with E-state index in [9.17, 15) is 14.0 Å². The Kier molecular flexibility index (Phi) is 8.97. The van der Waals surface area contributed by atoms with Crippen LogP contribution in [0.3, 0.4) is 0 Å². The average Bonchev–Trinajstić information content (AvgIpc) is 2.83. The molecule has 0 radical (unpaired) electrons. The van der Waals surface area contributed by atoms with Crippen molar-refractivity contribution in [2.75, 3.05) is 6.54 Å². The number of rotatable bonds is 10. The molecule has 5 heteroatoms. The molecule has 0 aliphatic heterocycles. The Bertz CT molecular complexity index is 1080. The fourth-order valence-electron chi connectivity index (χ4n) is 3.84. The van der Waals surface area contributed by atoms with Crippen molar-refractivity contribution >= 4 is 11.8 Å². The predicted octanol–water partition coefficient (Wildman–Crippen LogP) is 5.09. The lowest BCUT2D eigenvalue weighted by Gasteiger charge is -2.32. The van der Waals surface area contributed by atoms with E-state index in [4.69, 9.17) is 0 Å². The van der Waals surface area contributed by atoms with E-state index in [1.54, 1.807) is 17.0 Å². The van der Waals surface area contributed by atoms with Gasteiger partial charge in [-0.05, 0) is 47.2 Å². The summed E-state index contributed by atoms with van der Waals surface area (Å²) in [7, 11) is 0. The van der Waals surface area contributed by atoms with Crippen molar-refractivity contribution in [1.29, 1.82) is 0 Å². The first-order valence-electron chi connectivity index (χ1n) is 11.7. The Balaban J connectivity index is 1.96. The number of nitrogens with zero attached hydrogens (tertiary/aromatic N) is 1. The van der Waals surface area contributed by atoms with Gasteiger partial charge in [0.25, 0.3) is 0 Å². The van der Waals surface area contributed by atoms with Crippen LogP contribution in [0.1, 0.15) is 36.1 Å². The Labute approximate surface area is 201 Å². The molecule has 0 aliphatic carbocycles. The second-order valence-electron chi connectivity index (χ2n) is 9.10. The van der Waals surface area contributed by atoms with Crippen LogP contribution in [0, 0.1) is 18.7 Å². The fourth-order valence-corrected chi connectivity index (χ4v) is 3.84. The van der Waals surface area contributed by atoms with Crippen LogP contribution in [0.25, 0.3) is 0 Å². The van der Waals surface area contributed by atoms with E-state index in [0.29, 0.717) is 13.0 Å². The molecular weight excluding hydrogens is 427 g/mol. The maximum Gasteiger partial charge on any atom is 0.243 e. The number of hydrogen-bond donors (Lipinski definition) is 1. The predicted molar refractivity (Wildman–Crippen MR) is 134 cm³/mol. The van der Waals surface area contributed by atoms with E-state index >= 15 is 0 Å². The molecule has 0 aromatic heterocycles. The lowest BCUT2D eigenvalue weighted by Crippen LogP contribution is -2.51. The number of carbonyl (C=O) groups is 2. The number of nitrogens with one attached hydrogen (secondary N) is 1.